The molecule has 0 saturated carbocycles. The first kappa shape index (κ1) is 18.0. The fraction of sp³-hybridized carbons (Fsp3) is 0.375. The van der Waals surface area contributed by atoms with E-state index in [1.54, 1.807) is 24.5 Å². The Kier molecular flexibility index (Phi) is 5.26. The summed E-state index contributed by atoms with van der Waals surface area (Å²) in [6, 6.07) is 3.43. The molecular weight excluding hydrogens is 344 g/mol. The number of ether oxygens (including phenoxy) is 1. The number of nitrogens with zero attached hydrogens (tertiary/aromatic N) is 2. The number of H-pyrrole nitrogens is 1. The molecule has 0 aliphatic carbocycles. The van der Waals surface area contributed by atoms with E-state index in [0.29, 0.717) is 0 Å². The lowest BCUT2D eigenvalue weighted by molar-refractivity contribution is -0.0459. The summed E-state index contributed by atoms with van der Waals surface area (Å²) in [7, 11) is 0. The molecule has 1 aliphatic heterocycles. The number of carbonyl (C=O) groups is 1. The van der Waals surface area contributed by atoms with Crippen molar-refractivity contribution in [2.75, 3.05) is 6.61 Å². The normalized spacial score (nSPS) is 22.3. The zero-order valence-electron chi connectivity index (χ0n) is 13.7. The SMILES string of the molecule is O=C(NCc1ccncc1)c1cn([C@H]2C[C@H](O)[C@@H](CO)O2)c(=O)[nH]c1=O. The summed E-state index contributed by atoms with van der Waals surface area (Å²) in [5, 5.41) is 21.5. The van der Waals surface area contributed by atoms with E-state index in [9.17, 15) is 19.5 Å². The number of aliphatic hydroxyl groups is 2. The molecule has 1 aliphatic rings. The number of aromatic nitrogens is 3. The van der Waals surface area contributed by atoms with Crippen molar-refractivity contribution in [2.24, 2.45) is 0 Å². The predicted octanol–water partition coefficient (Wildman–Crippen LogP) is -1.50. The lowest BCUT2D eigenvalue weighted by Gasteiger charge is -2.15. The Balaban J connectivity index is 1.81. The van der Waals surface area contributed by atoms with Crippen molar-refractivity contribution in [3.05, 3.63) is 62.7 Å². The van der Waals surface area contributed by atoms with Gasteiger partial charge in [0.1, 0.15) is 17.9 Å². The first-order valence-corrected chi connectivity index (χ1v) is 7.96. The van der Waals surface area contributed by atoms with E-state index in [0.717, 1.165) is 16.3 Å². The minimum atomic E-state index is -0.951. The van der Waals surface area contributed by atoms with Gasteiger partial charge < -0.3 is 20.3 Å². The van der Waals surface area contributed by atoms with Crippen molar-refractivity contribution in [1.29, 1.82) is 0 Å². The standard InChI is InChI=1S/C16H18N4O6/c21-8-12-11(22)5-13(26-12)20-7-10(15(24)19-16(20)25)14(23)18-6-9-1-3-17-4-2-9/h1-4,7,11-13,21-22H,5-6,8H2,(H,18,23)(H,19,24,25)/t11-,12+,13+/m0/s1. The summed E-state index contributed by atoms with van der Waals surface area (Å²) in [6.07, 6.45) is 1.63. The third kappa shape index (κ3) is 3.72. The van der Waals surface area contributed by atoms with Gasteiger partial charge in [0.2, 0.25) is 0 Å². The molecule has 138 valence electrons. The molecule has 3 rings (SSSR count). The van der Waals surface area contributed by atoms with Crippen LogP contribution in [0.1, 0.15) is 28.6 Å². The predicted molar refractivity (Wildman–Crippen MR) is 88.3 cm³/mol. The highest BCUT2D eigenvalue weighted by molar-refractivity contribution is 5.93. The highest BCUT2D eigenvalue weighted by atomic mass is 16.5. The Labute approximate surface area is 147 Å². The van der Waals surface area contributed by atoms with Crippen LogP contribution in [0.2, 0.25) is 0 Å². The Morgan fingerprint density at radius 3 is 2.77 bits per heavy atom. The number of hydrogen-bond acceptors (Lipinski definition) is 7. The van der Waals surface area contributed by atoms with E-state index < -0.39 is 42.2 Å². The van der Waals surface area contributed by atoms with Crippen molar-refractivity contribution in [3.8, 4) is 0 Å². The van der Waals surface area contributed by atoms with E-state index in [1.165, 1.54) is 0 Å². The number of nitrogens with one attached hydrogen (secondary N) is 2. The molecule has 1 fully saturated rings. The third-order valence-corrected chi connectivity index (χ3v) is 4.11. The van der Waals surface area contributed by atoms with Crippen LogP contribution < -0.4 is 16.6 Å². The van der Waals surface area contributed by atoms with Gasteiger partial charge in [-0.3, -0.25) is 24.1 Å². The van der Waals surface area contributed by atoms with Crippen LogP contribution in [0, 0.1) is 0 Å². The fourth-order valence-electron chi connectivity index (χ4n) is 2.69. The van der Waals surface area contributed by atoms with Crippen LogP contribution in [0.15, 0.2) is 40.3 Å². The Bertz CT molecular complexity index is 894. The number of carbonyl (C=O) groups excluding carboxylic acids is 1. The number of pyridine rings is 1. The molecule has 10 heteroatoms. The maximum Gasteiger partial charge on any atom is 0.330 e. The largest absolute Gasteiger partial charge is 0.394 e. The van der Waals surface area contributed by atoms with E-state index in [2.05, 4.69) is 15.3 Å². The van der Waals surface area contributed by atoms with E-state index in [4.69, 9.17) is 9.84 Å². The van der Waals surface area contributed by atoms with Crippen molar-refractivity contribution >= 4 is 5.91 Å². The lowest BCUT2D eigenvalue weighted by Crippen LogP contribution is -2.38. The molecule has 1 amide bonds. The molecule has 1 saturated heterocycles. The van der Waals surface area contributed by atoms with Crippen LogP contribution in [0.25, 0.3) is 0 Å². The lowest BCUT2D eigenvalue weighted by atomic mass is 10.2. The Morgan fingerprint density at radius 2 is 2.12 bits per heavy atom. The van der Waals surface area contributed by atoms with E-state index in [1.807, 2.05) is 0 Å². The highest BCUT2D eigenvalue weighted by Gasteiger charge is 2.35. The van der Waals surface area contributed by atoms with Gasteiger partial charge in [-0.05, 0) is 17.7 Å². The zero-order chi connectivity index (χ0) is 18.7. The molecular formula is C16H18N4O6. The van der Waals surface area contributed by atoms with Gasteiger partial charge in [-0.2, -0.15) is 0 Å². The van der Waals surface area contributed by atoms with Gasteiger partial charge in [0.25, 0.3) is 11.5 Å². The van der Waals surface area contributed by atoms with Crippen LogP contribution in [-0.4, -0.2) is 49.5 Å². The van der Waals surface area contributed by atoms with Gasteiger partial charge in [0, 0.05) is 31.6 Å². The summed E-state index contributed by atoms with van der Waals surface area (Å²) in [5.74, 6) is -0.658. The number of rotatable bonds is 5. The topological polar surface area (TPSA) is 147 Å². The van der Waals surface area contributed by atoms with Crippen molar-refractivity contribution < 1.29 is 19.7 Å². The van der Waals surface area contributed by atoms with Crippen molar-refractivity contribution in [2.45, 2.75) is 31.4 Å². The highest BCUT2D eigenvalue weighted by Crippen LogP contribution is 2.27. The molecule has 0 spiro atoms. The van der Waals surface area contributed by atoms with Gasteiger partial charge >= 0.3 is 5.69 Å². The van der Waals surface area contributed by atoms with Crippen LogP contribution in [-0.2, 0) is 11.3 Å². The summed E-state index contributed by atoms with van der Waals surface area (Å²) < 4.78 is 6.43. The molecule has 0 aromatic carbocycles. The maximum absolute atomic E-state index is 12.3. The monoisotopic (exact) mass is 362 g/mol. The summed E-state index contributed by atoms with van der Waals surface area (Å²) in [5.41, 5.74) is -1.05. The molecule has 26 heavy (non-hydrogen) atoms. The second-order valence-electron chi connectivity index (χ2n) is 5.86. The molecule has 2 aromatic rings. The summed E-state index contributed by atoms with van der Waals surface area (Å²) >= 11 is 0. The van der Waals surface area contributed by atoms with Crippen LogP contribution >= 0.6 is 0 Å². The summed E-state index contributed by atoms with van der Waals surface area (Å²) in [6.45, 7) is -0.222. The van der Waals surface area contributed by atoms with Gasteiger partial charge in [-0.1, -0.05) is 0 Å². The molecule has 3 heterocycles. The molecule has 0 unspecified atom stereocenters. The molecule has 2 aromatic heterocycles. The Hall–Kier alpha value is -2.82. The molecule has 10 nitrogen and oxygen atoms in total. The molecule has 4 N–H and O–H groups in total. The van der Waals surface area contributed by atoms with Crippen LogP contribution in [0.4, 0.5) is 0 Å². The number of aliphatic hydroxyl groups excluding tert-OH is 2. The van der Waals surface area contributed by atoms with Crippen molar-refractivity contribution in [3.63, 3.8) is 0 Å². The third-order valence-electron chi connectivity index (χ3n) is 4.11. The average molecular weight is 362 g/mol. The number of hydrogen-bond donors (Lipinski definition) is 4. The molecule has 3 atom stereocenters. The van der Waals surface area contributed by atoms with Gasteiger partial charge in [0.15, 0.2) is 0 Å². The first-order chi connectivity index (χ1) is 12.5. The minimum absolute atomic E-state index is 0.0508. The van der Waals surface area contributed by atoms with Crippen LogP contribution in [0.3, 0.4) is 0 Å². The van der Waals surface area contributed by atoms with Crippen LogP contribution in [0.5, 0.6) is 0 Å². The minimum Gasteiger partial charge on any atom is -0.394 e. The number of aromatic amines is 1. The number of amides is 1. The van der Waals surface area contributed by atoms with Crippen molar-refractivity contribution in [1.82, 2.24) is 19.9 Å². The summed E-state index contributed by atoms with van der Waals surface area (Å²) in [4.78, 5) is 42.3. The van der Waals surface area contributed by atoms with Gasteiger partial charge in [0.05, 0.1) is 12.7 Å². The Morgan fingerprint density at radius 1 is 1.38 bits per heavy atom. The second kappa shape index (κ2) is 7.60. The maximum atomic E-state index is 12.3. The average Bonchev–Trinajstić information content (AvgIpc) is 3.01. The van der Waals surface area contributed by atoms with E-state index >= 15 is 0 Å². The quantitative estimate of drug-likeness (QED) is 0.506. The smallest absolute Gasteiger partial charge is 0.330 e. The molecule has 0 radical (unpaired) electrons. The molecule has 0 bridgehead atoms. The van der Waals surface area contributed by atoms with Gasteiger partial charge in [-0.25, -0.2) is 4.79 Å². The zero-order valence-corrected chi connectivity index (χ0v) is 13.7. The second-order valence-corrected chi connectivity index (χ2v) is 5.86. The van der Waals surface area contributed by atoms with Gasteiger partial charge in [-0.15, -0.1) is 0 Å². The first-order valence-electron chi connectivity index (χ1n) is 7.96. The van der Waals surface area contributed by atoms with E-state index in [-0.39, 0.29) is 18.5 Å². The fourth-order valence-corrected chi connectivity index (χ4v) is 2.69.